The minimum atomic E-state index is 0.155. The van der Waals surface area contributed by atoms with Gasteiger partial charge in [0.1, 0.15) is 17.5 Å². The van der Waals surface area contributed by atoms with Gasteiger partial charge in [0, 0.05) is 31.1 Å². The van der Waals surface area contributed by atoms with E-state index in [0.717, 1.165) is 49.0 Å². The topological polar surface area (TPSA) is 61.3 Å². The standard InChI is InChI=1S/C16H28N4O/c1-4-6-9-20(10-11-21)16-12(3)14(17-5-2)18-15(19-16)13-7-8-13/h13,21H,4-11H2,1-3H3,(H,17,18,19). The number of anilines is 2. The van der Waals surface area contributed by atoms with E-state index in [2.05, 4.69) is 31.0 Å². The quantitative estimate of drug-likeness (QED) is 0.733. The molecular weight excluding hydrogens is 264 g/mol. The summed E-state index contributed by atoms with van der Waals surface area (Å²) in [5.41, 5.74) is 1.09. The summed E-state index contributed by atoms with van der Waals surface area (Å²) in [4.78, 5) is 11.7. The van der Waals surface area contributed by atoms with E-state index in [9.17, 15) is 5.11 Å². The number of aliphatic hydroxyl groups is 1. The van der Waals surface area contributed by atoms with Gasteiger partial charge in [-0.15, -0.1) is 0 Å². The van der Waals surface area contributed by atoms with Crippen LogP contribution in [0.15, 0.2) is 0 Å². The number of aromatic nitrogens is 2. The molecule has 0 saturated heterocycles. The van der Waals surface area contributed by atoms with Gasteiger partial charge in [-0.2, -0.15) is 0 Å². The third-order valence-electron chi connectivity index (χ3n) is 3.88. The number of hydrogen-bond acceptors (Lipinski definition) is 5. The molecule has 0 spiro atoms. The summed E-state index contributed by atoms with van der Waals surface area (Å²) in [6.45, 7) is 8.92. The zero-order valence-corrected chi connectivity index (χ0v) is 13.5. The predicted molar refractivity (Wildman–Crippen MR) is 87.1 cm³/mol. The number of hydrogen-bond donors (Lipinski definition) is 2. The maximum absolute atomic E-state index is 9.35. The molecule has 5 nitrogen and oxygen atoms in total. The van der Waals surface area contributed by atoms with Crippen LogP contribution in [0.3, 0.4) is 0 Å². The second-order valence-electron chi connectivity index (χ2n) is 5.75. The molecule has 1 aromatic rings. The van der Waals surface area contributed by atoms with E-state index in [-0.39, 0.29) is 6.61 Å². The van der Waals surface area contributed by atoms with Crippen molar-refractivity contribution in [3.63, 3.8) is 0 Å². The van der Waals surface area contributed by atoms with Crippen LogP contribution < -0.4 is 10.2 Å². The lowest BCUT2D eigenvalue weighted by atomic mass is 10.2. The fourth-order valence-corrected chi connectivity index (χ4v) is 2.49. The Morgan fingerprint density at radius 3 is 2.57 bits per heavy atom. The maximum Gasteiger partial charge on any atom is 0.137 e. The van der Waals surface area contributed by atoms with Gasteiger partial charge in [0.15, 0.2) is 0 Å². The van der Waals surface area contributed by atoms with Crippen LogP contribution in [0.25, 0.3) is 0 Å². The minimum absolute atomic E-state index is 0.155. The van der Waals surface area contributed by atoms with E-state index in [0.29, 0.717) is 12.5 Å². The van der Waals surface area contributed by atoms with Gasteiger partial charge in [-0.25, -0.2) is 9.97 Å². The molecule has 1 aliphatic rings. The van der Waals surface area contributed by atoms with E-state index in [1.54, 1.807) is 0 Å². The molecule has 0 radical (unpaired) electrons. The fraction of sp³-hybridized carbons (Fsp3) is 0.750. The van der Waals surface area contributed by atoms with Crippen molar-refractivity contribution >= 4 is 11.6 Å². The molecule has 1 heterocycles. The Bertz CT molecular complexity index is 460. The van der Waals surface area contributed by atoms with Gasteiger partial charge in [-0.1, -0.05) is 13.3 Å². The Hall–Kier alpha value is -1.36. The van der Waals surface area contributed by atoms with Gasteiger partial charge < -0.3 is 15.3 Å². The van der Waals surface area contributed by atoms with Crippen molar-refractivity contribution < 1.29 is 5.11 Å². The van der Waals surface area contributed by atoms with Crippen molar-refractivity contribution in [1.82, 2.24) is 9.97 Å². The zero-order chi connectivity index (χ0) is 15.2. The smallest absolute Gasteiger partial charge is 0.137 e. The molecule has 1 saturated carbocycles. The molecular formula is C16H28N4O. The van der Waals surface area contributed by atoms with Crippen LogP contribution in [0.4, 0.5) is 11.6 Å². The Kier molecular flexibility index (Phi) is 5.79. The van der Waals surface area contributed by atoms with Crippen molar-refractivity contribution in [2.45, 2.75) is 52.4 Å². The average Bonchev–Trinajstić information content (AvgIpc) is 3.31. The van der Waals surface area contributed by atoms with Gasteiger partial charge in [0.2, 0.25) is 0 Å². The molecule has 118 valence electrons. The fourth-order valence-electron chi connectivity index (χ4n) is 2.49. The Balaban J connectivity index is 2.32. The second-order valence-corrected chi connectivity index (χ2v) is 5.75. The summed E-state index contributed by atoms with van der Waals surface area (Å²) in [7, 11) is 0. The summed E-state index contributed by atoms with van der Waals surface area (Å²) < 4.78 is 0. The van der Waals surface area contributed by atoms with Gasteiger partial charge in [0.25, 0.3) is 0 Å². The number of unbranched alkanes of at least 4 members (excludes halogenated alkanes) is 1. The maximum atomic E-state index is 9.35. The first-order valence-corrected chi connectivity index (χ1v) is 8.19. The van der Waals surface area contributed by atoms with Crippen molar-refractivity contribution in [2.75, 3.05) is 36.5 Å². The molecule has 2 N–H and O–H groups in total. The van der Waals surface area contributed by atoms with E-state index < -0.39 is 0 Å². The van der Waals surface area contributed by atoms with Crippen LogP contribution in [-0.4, -0.2) is 41.3 Å². The molecule has 5 heteroatoms. The average molecular weight is 292 g/mol. The van der Waals surface area contributed by atoms with Crippen LogP contribution in [0, 0.1) is 6.92 Å². The Morgan fingerprint density at radius 2 is 2.00 bits per heavy atom. The van der Waals surface area contributed by atoms with Gasteiger partial charge in [-0.3, -0.25) is 0 Å². The lowest BCUT2D eigenvalue weighted by Gasteiger charge is -2.26. The van der Waals surface area contributed by atoms with Crippen molar-refractivity contribution in [1.29, 1.82) is 0 Å². The number of aliphatic hydroxyl groups excluding tert-OH is 1. The lowest BCUT2D eigenvalue weighted by Crippen LogP contribution is -2.30. The molecule has 1 fully saturated rings. The monoisotopic (exact) mass is 292 g/mol. The van der Waals surface area contributed by atoms with Gasteiger partial charge >= 0.3 is 0 Å². The first kappa shape index (κ1) is 16.0. The molecule has 21 heavy (non-hydrogen) atoms. The Morgan fingerprint density at radius 1 is 1.24 bits per heavy atom. The van der Waals surface area contributed by atoms with Crippen LogP contribution in [0.2, 0.25) is 0 Å². The predicted octanol–water partition coefficient (Wildman–Crippen LogP) is 2.69. The molecule has 0 amide bonds. The van der Waals surface area contributed by atoms with E-state index in [1.165, 1.54) is 12.8 Å². The van der Waals surface area contributed by atoms with Crippen molar-refractivity contribution in [2.24, 2.45) is 0 Å². The highest BCUT2D eigenvalue weighted by atomic mass is 16.3. The third kappa shape index (κ3) is 4.06. The summed E-state index contributed by atoms with van der Waals surface area (Å²) in [5, 5.41) is 12.7. The highest BCUT2D eigenvalue weighted by molar-refractivity contribution is 5.59. The highest BCUT2D eigenvalue weighted by Gasteiger charge is 2.29. The summed E-state index contributed by atoms with van der Waals surface area (Å²) >= 11 is 0. The highest BCUT2D eigenvalue weighted by Crippen LogP contribution is 2.40. The first-order chi connectivity index (χ1) is 10.2. The second kappa shape index (κ2) is 7.59. The Labute approximate surface area is 127 Å². The molecule has 0 atom stereocenters. The van der Waals surface area contributed by atoms with Crippen LogP contribution >= 0.6 is 0 Å². The molecule has 1 aromatic heterocycles. The van der Waals surface area contributed by atoms with Crippen molar-refractivity contribution in [3.05, 3.63) is 11.4 Å². The lowest BCUT2D eigenvalue weighted by molar-refractivity contribution is 0.301. The van der Waals surface area contributed by atoms with Crippen molar-refractivity contribution in [3.8, 4) is 0 Å². The first-order valence-electron chi connectivity index (χ1n) is 8.19. The van der Waals surface area contributed by atoms with E-state index in [4.69, 9.17) is 9.97 Å². The number of rotatable bonds is 9. The zero-order valence-electron chi connectivity index (χ0n) is 13.5. The van der Waals surface area contributed by atoms with Gasteiger partial charge in [-0.05, 0) is 33.1 Å². The van der Waals surface area contributed by atoms with E-state index in [1.807, 2.05) is 0 Å². The largest absolute Gasteiger partial charge is 0.395 e. The molecule has 0 aromatic carbocycles. The minimum Gasteiger partial charge on any atom is -0.395 e. The summed E-state index contributed by atoms with van der Waals surface area (Å²) in [6, 6.07) is 0. The molecule has 2 rings (SSSR count). The molecule has 0 aliphatic heterocycles. The molecule has 0 unspecified atom stereocenters. The third-order valence-corrected chi connectivity index (χ3v) is 3.88. The molecule has 0 bridgehead atoms. The van der Waals surface area contributed by atoms with Crippen LogP contribution in [-0.2, 0) is 0 Å². The van der Waals surface area contributed by atoms with Crippen LogP contribution in [0.5, 0.6) is 0 Å². The van der Waals surface area contributed by atoms with Crippen LogP contribution in [0.1, 0.15) is 56.8 Å². The molecule has 1 aliphatic carbocycles. The summed E-state index contributed by atoms with van der Waals surface area (Å²) in [6.07, 6.45) is 4.65. The number of nitrogens with zero attached hydrogens (tertiary/aromatic N) is 3. The SMILES string of the molecule is CCCCN(CCO)c1nc(C2CC2)nc(NCC)c1C. The number of nitrogens with one attached hydrogen (secondary N) is 1. The summed E-state index contributed by atoms with van der Waals surface area (Å²) in [5.74, 6) is 3.43. The normalized spacial score (nSPS) is 14.3. The van der Waals surface area contributed by atoms with Gasteiger partial charge in [0.05, 0.1) is 6.61 Å². The van der Waals surface area contributed by atoms with E-state index >= 15 is 0 Å².